The van der Waals surface area contributed by atoms with Gasteiger partial charge in [0.1, 0.15) is 0 Å². The first-order valence-corrected chi connectivity index (χ1v) is 18.6. The van der Waals surface area contributed by atoms with E-state index in [-0.39, 0.29) is 0 Å². The van der Waals surface area contributed by atoms with Gasteiger partial charge in [0.15, 0.2) is 11.6 Å². The Morgan fingerprint density at radius 2 is 1.02 bits per heavy atom. The van der Waals surface area contributed by atoms with Crippen molar-refractivity contribution < 1.29 is 0 Å². The Labute approximate surface area is 324 Å². The molecule has 2 N–H and O–H groups in total. The van der Waals surface area contributed by atoms with E-state index in [1.54, 1.807) is 0 Å². The van der Waals surface area contributed by atoms with Crippen molar-refractivity contribution in [1.82, 2.24) is 24.8 Å². The van der Waals surface area contributed by atoms with Crippen molar-refractivity contribution in [3.63, 3.8) is 0 Å². The fraction of sp³-hybridized carbons (Fsp3) is 0. The molecular weight excluding hydrogens is 685 g/mol. The Bertz CT molecular complexity index is 2940. The van der Waals surface area contributed by atoms with Gasteiger partial charge in [0.25, 0.3) is 0 Å². The third-order valence-corrected chi connectivity index (χ3v) is 10.3. The zero-order valence-corrected chi connectivity index (χ0v) is 30.3. The molecule has 0 atom stereocenters. The van der Waals surface area contributed by atoms with Crippen molar-refractivity contribution in [1.29, 1.82) is 5.41 Å². The summed E-state index contributed by atoms with van der Waals surface area (Å²) in [7, 11) is 0. The van der Waals surface area contributed by atoms with Crippen molar-refractivity contribution in [2.45, 2.75) is 0 Å². The highest BCUT2D eigenvalue weighted by Crippen LogP contribution is 2.37. The summed E-state index contributed by atoms with van der Waals surface area (Å²) in [5, 5.41) is 16.0. The lowest BCUT2D eigenvalue weighted by atomic mass is 9.87. The predicted octanol–water partition coefficient (Wildman–Crippen LogP) is 11.3. The summed E-state index contributed by atoms with van der Waals surface area (Å²) in [6.07, 6.45) is 2.18. The van der Waals surface area contributed by atoms with Crippen LogP contribution >= 0.6 is 0 Å². The van der Waals surface area contributed by atoms with Gasteiger partial charge in [0, 0.05) is 44.3 Å². The number of aromatic nitrogens is 4. The Morgan fingerprint density at radius 1 is 0.482 bits per heavy atom. The van der Waals surface area contributed by atoms with Crippen LogP contribution in [0.1, 0.15) is 27.8 Å². The molecule has 0 bridgehead atoms. The fourth-order valence-corrected chi connectivity index (χ4v) is 7.64. The van der Waals surface area contributed by atoms with E-state index in [4.69, 9.17) is 15.0 Å². The lowest BCUT2D eigenvalue weighted by Crippen LogP contribution is -2.20. The quantitative estimate of drug-likeness (QED) is 0.161. The van der Waals surface area contributed by atoms with Gasteiger partial charge in [0.2, 0.25) is 5.95 Å². The van der Waals surface area contributed by atoms with Gasteiger partial charge >= 0.3 is 0 Å². The highest BCUT2D eigenvalue weighted by atomic mass is 15.2. The number of allylic oxidation sites excluding steroid dienone is 1. The molecule has 7 aromatic carbocycles. The second-order valence-corrected chi connectivity index (χ2v) is 13.7. The average Bonchev–Trinajstić information content (AvgIpc) is 3.62. The first-order chi connectivity index (χ1) is 27.7. The molecule has 0 saturated carbocycles. The molecule has 0 unspecified atom stereocenters. The van der Waals surface area contributed by atoms with Crippen LogP contribution in [0, 0.1) is 5.41 Å². The monoisotopic (exact) mass is 718 g/mol. The average molecular weight is 719 g/mol. The number of benzene rings is 7. The zero-order chi connectivity index (χ0) is 37.4. The molecule has 6 heteroatoms. The molecule has 0 fully saturated rings. The second kappa shape index (κ2) is 13.9. The molecule has 10 rings (SSSR count). The third-order valence-electron chi connectivity index (χ3n) is 10.3. The van der Waals surface area contributed by atoms with Crippen molar-refractivity contribution in [2.75, 3.05) is 0 Å². The number of hydrogen-bond donors (Lipinski definition) is 2. The van der Waals surface area contributed by atoms with Gasteiger partial charge in [-0.2, -0.15) is 9.97 Å². The Balaban J connectivity index is 1.15. The normalized spacial score (nSPS) is 13.2. The van der Waals surface area contributed by atoms with Crippen LogP contribution in [0.3, 0.4) is 0 Å². The first kappa shape index (κ1) is 32.9. The maximum absolute atomic E-state index is 9.97. The smallest absolute Gasteiger partial charge is 0.238 e. The van der Waals surface area contributed by atoms with Crippen molar-refractivity contribution in [2.24, 2.45) is 0 Å². The summed E-state index contributed by atoms with van der Waals surface area (Å²) in [6.45, 7) is 0. The molecule has 1 aliphatic heterocycles. The van der Waals surface area contributed by atoms with E-state index >= 15 is 0 Å². The van der Waals surface area contributed by atoms with Crippen LogP contribution < -0.4 is 5.32 Å². The largest absolute Gasteiger partial charge is 0.354 e. The molecule has 3 heterocycles. The SMILES string of the molecule is N=C(/C(=C1\NC(c2ccccc2)=Cc2ccccc21)c1ccccc1)c1cccc(-c2nc(-c3ccccc3)nc(-n3c4ccccc4c4ccccc43)n2)c1. The van der Waals surface area contributed by atoms with E-state index in [9.17, 15) is 5.41 Å². The van der Waals surface area contributed by atoms with E-state index in [1.807, 2.05) is 103 Å². The Kier molecular flexibility index (Phi) is 8.19. The Morgan fingerprint density at radius 3 is 1.71 bits per heavy atom. The van der Waals surface area contributed by atoms with Crippen LogP contribution in [0.15, 0.2) is 188 Å². The van der Waals surface area contributed by atoms with Gasteiger partial charge in [-0.15, -0.1) is 0 Å². The molecule has 6 nitrogen and oxygen atoms in total. The molecule has 0 aliphatic carbocycles. The summed E-state index contributed by atoms with van der Waals surface area (Å²) in [4.78, 5) is 15.3. The number of hydrogen-bond acceptors (Lipinski definition) is 5. The predicted molar refractivity (Wildman–Crippen MR) is 229 cm³/mol. The third kappa shape index (κ3) is 5.86. The maximum atomic E-state index is 9.97. The summed E-state index contributed by atoms with van der Waals surface area (Å²) in [5.41, 5.74) is 11.6. The van der Waals surface area contributed by atoms with Gasteiger partial charge < -0.3 is 5.32 Å². The molecule has 0 saturated heterocycles. The molecule has 0 spiro atoms. The standard InChI is InChI=1S/C50H34N6/c51-46(45(34-19-6-2-7-20-34)47-39-26-11-10-23-36(39)32-42(52-47)33-17-4-1-5-18-33)37-24-16-25-38(31-37)49-53-48(35-21-8-3-9-22-35)54-50(55-49)56-43-29-14-12-27-40(43)41-28-13-15-30-44(41)56/h1-32,51-52H/b47-45-,51-46?. The van der Waals surface area contributed by atoms with E-state index in [0.717, 1.165) is 77.7 Å². The molecule has 9 aromatic rings. The summed E-state index contributed by atoms with van der Waals surface area (Å²) in [5.74, 6) is 1.63. The van der Waals surface area contributed by atoms with Crippen molar-refractivity contribution in [3.05, 3.63) is 216 Å². The minimum Gasteiger partial charge on any atom is -0.354 e. The van der Waals surface area contributed by atoms with Crippen LogP contribution in [0.2, 0.25) is 0 Å². The second-order valence-electron chi connectivity index (χ2n) is 13.7. The molecule has 264 valence electrons. The van der Waals surface area contributed by atoms with Gasteiger partial charge in [-0.05, 0) is 41.0 Å². The summed E-state index contributed by atoms with van der Waals surface area (Å²) >= 11 is 0. The number of fused-ring (bicyclic) bond motifs is 4. The molecule has 0 amide bonds. The lowest BCUT2D eigenvalue weighted by molar-refractivity contribution is 0.953. The van der Waals surface area contributed by atoms with Gasteiger partial charge in [-0.3, -0.25) is 9.98 Å². The minimum absolute atomic E-state index is 0.379. The number of nitrogens with one attached hydrogen (secondary N) is 2. The number of nitrogens with zero attached hydrogens (tertiary/aromatic N) is 4. The number of para-hydroxylation sites is 2. The highest BCUT2D eigenvalue weighted by Gasteiger charge is 2.24. The molecule has 0 radical (unpaired) electrons. The van der Waals surface area contributed by atoms with Crippen LogP contribution in [-0.4, -0.2) is 25.2 Å². The summed E-state index contributed by atoms with van der Waals surface area (Å²) in [6, 6.07) is 63.6. The topological polar surface area (TPSA) is 79.5 Å². The van der Waals surface area contributed by atoms with Gasteiger partial charge in [-0.25, -0.2) is 4.98 Å². The maximum Gasteiger partial charge on any atom is 0.238 e. The lowest BCUT2D eigenvalue weighted by Gasteiger charge is -2.26. The molecular formula is C50H34N6. The van der Waals surface area contributed by atoms with Crippen molar-refractivity contribution in [3.8, 4) is 28.7 Å². The Hall–Kier alpha value is -7.70. The van der Waals surface area contributed by atoms with E-state index in [2.05, 4.69) is 101 Å². The van der Waals surface area contributed by atoms with Crippen molar-refractivity contribution >= 4 is 50.6 Å². The zero-order valence-electron chi connectivity index (χ0n) is 30.3. The van der Waals surface area contributed by atoms with Crippen LogP contribution in [0.5, 0.6) is 0 Å². The first-order valence-electron chi connectivity index (χ1n) is 18.6. The van der Waals surface area contributed by atoms with E-state index < -0.39 is 0 Å². The minimum atomic E-state index is 0.379. The number of rotatable bonds is 7. The fourth-order valence-electron chi connectivity index (χ4n) is 7.64. The van der Waals surface area contributed by atoms with E-state index in [1.165, 1.54) is 0 Å². The molecule has 56 heavy (non-hydrogen) atoms. The summed E-state index contributed by atoms with van der Waals surface area (Å²) < 4.78 is 2.12. The van der Waals surface area contributed by atoms with Crippen LogP contribution in [0.25, 0.3) is 73.6 Å². The van der Waals surface area contributed by atoms with Gasteiger partial charge in [0.05, 0.1) is 22.4 Å². The van der Waals surface area contributed by atoms with Gasteiger partial charge in [-0.1, -0.05) is 170 Å². The van der Waals surface area contributed by atoms with Crippen LogP contribution in [-0.2, 0) is 0 Å². The highest BCUT2D eigenvalue weighted by molar-refractivity contribution is 6.36. The molecule has 2 aromatic heterocycles. The van der Waals surface area contributed by atoms with E-state index in [0.29, 0.717) is 23.3 Å². The van der Waals surface area contributed by atoms with Crippen LogP contribution in [0.4, 0.5) is 0 Å². The molecule has 1 aliphatic rings.